The lowest BCUT2D eigenvalue weighted by Gasteiger charge is -2.08. The summed E-state index contributed by atoms with van der Waals surface area (Å²) in [4.78, 5) is 25.6. The molecule has 0 unspecified atom stereocenters. The van der Waals surface area contributed by atoms with Crippen molar-refractivity contribution in [3.8, 4) is 0 Å². The molecule has 0 atom stereocenters. The third-order valence-electron chi connectivity index (χ3n) is 3.51. The lowest BCUT2D eigenvalue weighted by Crippen LogP contribution is -2.20. The number of benzene rings is 1. The van der Waals surface area contributed by atoms with Crippen LogP contribution in [0.2, 0.25) is 10.0 Å². The highest BCUT2D eigenvalue weighted by Crippen LogP contribution is 2.31. The number of ether oxygens (including phenoxy) is 1. The van der Waals surface area contributed by atoms with Gasteiger partial charge in [0.2, 0.25) is 0 Å². The van der Waals surface area contributed by atoms with Crippen molar-refractivity contribution < 1.29 is 14.3 Å². The van der Waals surface area contributed by atoms with Gasteiger partial charge in [0, 0.05) is 4.88 Å². The molecule has 0 radical (unpaired) electrons. The Morgan fingerprint density at radius 3 is 2.87 bits per heavy atom. The Hall–Kier alpha value is -1.56. The molecule has 0 saturated heterocycles. The molecule has 0 bridgehead atoms. The van der Waals surface area contributed by atoms with Gasteiger partial charge < -0.3 is 10.1 Å². The zero-order valence-electron chi connectivity index (χ0n) is 12.0. The Bertz CT molecular complexity index is 751. The summed E-state index contributed by atoms with van der Waals surface area (Å²) in [5.41, 5.74) is 1.60. The number of hydrogen-bond donors (Lipinski definition) is 1. The summed E-state index contributed by atoms with van der Waals surface area (Å²) in [6, 6.07) is 6.78. The molecule has 1 heterocycles. The molecule has 1 N–H and O–H groups in total. The Labute approximate surface area is 147 Å². The van der Waals surface area contributed by atoms with E-state index in [1.165, 1.54) is 21.8 Å². The average Bonchev–Trinajstić information content (AvgIpc) is 3.11. The van der Waals surface area contributed by atoms with Gasteiger partial charge in [0.05, 0.1) is 15.7 Å². The second-order valence-corrected chi connectivity index (χ2v) is 7.06. The quantitative estimate of drug-likeness (QED) is 0.815. The van der Waals surface area contributed by atoms with Gasteiger partial charge in [-0.2, -0.15) is 0 Å². The van der Waals surface area contributed by atoms with E-state index in [-0.39, 0.29) is 11.6 Å². The fourth-order valence-corrected chi connectivity index (χ4v) is 3.91. The number of esters is 1. The molecule has 0 fully saturated rings. The van der Waals surface area contributed by atoms with Crippen LogP contribution in [-0.2, 0) is 22.4 Å². The molecule has 120 valence electrons. The standard InChI is InChI=1S/C16H13Cl2NO3S/c17-10-4-2-5-11(15(10)18)19-14(20)8-22-16(21)13-7-9-3-1-6-12(9)23-13/h2,4-5,7H,1,3,6,8H2,(H,19,20). The summed E-state index contributed by atoms with van der Waals surface area (Å²) in [5.74, 6) is -0.941. The second-order valence-electron chi connectivity index (χ2n) is 5.14. The number of carbonyl (C=O) groups excluding carboxylic acids is 2. The predicted octanol–water partition coefficient (Wildman–Crippen LogP) is 4.34. The number of fused-ring (bicyclic) bond motifs is 1. The first-order valence-electron chi connectivity index (χ1n) is 7.07. The van der Waals surface area contributed by atoms with Crippen LogP contribution < -0.4 is 5.32 Å². The zero-order chi connectivity index (χ0) is 16.4. The Balaban J connectivity index is 1.56. The Morgan fingerprint density at radius 1 is 1.26 bits per heavy atom. The first kappa shape index (κ1) is 16.3. The second kappa shape index (κ2) is 6.91. The first-order chi connectivity index (χ1) is 11.0. The lowest BCUT2D eigenvalue weighted by molar-refractivity contribution is -0.119. The molecule has 0 saturated carbocycles. The van der Waals surface area contributed by atoms with Gasteiger partial charge in [-0.15, -0.1) is 11.3 Å². The van der Waals surface area contributed by atoms with Gasteiger partial charge in [-0.1, -0.05) is 29.3 Å². The topological polar surface area (TPSA) is 55.4 Å². The van der Waals surface area contributed by atoms with Crippen molar-refractivity contribution in [2.45, 2.75) is 19.3 Å². The highest BCUT2D eigenvalue weighted by molar-refractivity contribution is 7.14. The molecule has 1 aromatic carbocycles. The number of thiophene rings is 1. The first-order valence-corrected chi connectivity index (χ1v) is 8.64. The molecule has 1 amide bonds. The molecule has 1 aromatic heterocycles. The predicted molar refractivity (Wildman–Crippen MR) is 91.7 cm³/mol. The normalized spacial score (nSPS) is 12.8. The maximum Gasteiger partial charge on any atom is 0.348 e. The van der Waals surface area contributed by atoms with E-state index < -0.39 is 11.9 Å². The molecule has 0 spiro atoms. The number of anilines is 1. The van der Waals surface area contributed by atoms with Crippen LogP contribution in [0.15, 0.2) is 24.3 Å². The Kier molecular flexibility index (Phi) is 4.90. The van der Waals surface area contributed by atoms with Crippen molar-refractivity contribution in [3.05, 3.63) is 49.6 Å². The van der Waals surface area contributed by atoms with Crippen molar-refractivity contribution in [2.24, 2.45) is 0 Å². The molecule has 1 aliphatic carbocycles. The minimum absolute atomic E-state index is 0.253. The van der Waals surface area contributed by atoms with Crippen LogP contribution in [0, 0.1) is 0 Å². The van der Waals surface area contributed by atoms with Crippen LogP contribution >= 0.6 is 34.5 Å². The maximum absolute atomic E-state index is 12.0. The van der Waals surface area contributed by atoms with E-state index in [1.54, 1.807) is 18.2 Å². The van der Waals surface area contributed by atoms with E-state index >= 15 is 0 Å². The van der Waals surface area contributed by atoms with Crippen molar-refractivity contribution in [1.82, 2.24) is 0 Å². The molecule has 4 nitrogen and oxygen atoms in total. The summed E-state index contributed by atoms with van der Waals surface area (Å²) in [6.07, 6.45) is 3.16. The minimum atomic E-state index is -0.475. The molecule has 23 heavy (non-hydrogen) atoms. The monoisotopic (exact) mass is 369 g/mol. The number of amides is 1. The van der Waals surface area contributed by atoms with Gasteiger partial charge in [0.25, 0.3) is 5.91 Å². The summed E-state index contributed by atoms with van der Waals surface area (Å²) < 4.78 is 5.05. The van der Waals surface area contributed by atoms with E-state index in [2.05, 4.69) is 5.32 Å². The molecular weight excluding hydrogens is 357 g/mol. The van der Waals surface area contributed by atoms with Gasteiger partial charge in [-0.25, -0.2) is 4.79 Å². The van der Waals surface area contributed by atoms with Gasteiger partial charge in [-0.3, -0.25) is 4.79 Å². The van der Waals surface area contributed by atoms with Crippen LogP contribution in [0.3, 0.4) is 0 Å². The lowest BCUT2D eigenvalue weighted by atomic mass is 10.2. The number of carbonyl (C=O) groups is 2. The van der Waals surface area contributed by atoms with Gasteiger partial charge in [0.1, 0.15) is 4.88 Å². The average molecular weight is 370 g/mol. The number of hydrogen-bond acceptors (Lipinski definition) is 4. The molecular formula is C16H13Cl2NO3S. The third-order valence-corrected chi connectivity index (χ3v) is 5.54. The molecule has 1 aliphatic rings. The molecule has 0 aliphatic heterocycles. The number of nitrogens with one attached hydrogen (secondary N) is 1. The van der Waals surface area contributed by atoms with Gasteiger partial charge in [0.15, 0.2) is 6.61 Å². The largest absolute Gasteiger partial charge is 0.451 e. The minimum Gasteiger partial charge on any atom is -0.451 e. The Morgan fingerprint density at radius 2 is 2.09 bits per heavy atom. The van der Waals surface area contributed by atoms with Crippen molar-refractivity contribution in [1.29, 1.82) is 0 Å². The summed E-state index contributed by atoms with van der Waals surface area (Å²) in [7, 11) is 0. The van der Waals surface area contributed by atoms with E-state index in [4.69, 9.17) is 27.9 Å². The van der Waals surface area contributed by atoms with Gasteiger partial charge in [-0.05, 0) is 43.0 Å². The fraction of sp³-hybridized carbons (Fsp3) is 0.250. The number of halogens is 2. The SMILES string of the molecule is O=C(COC(=O)c1cc2c(s1)CCC2)Nc1cccc(Cl)c1Cl. The number of aryl methyl sites for hydroxylation is 2. The van der Waals surface area contributed by atoms with Crippen LogP contribution in [0.5, 0.6) is 0 Å². The number of rotatable bonds is 4. The highest BCUT2D eigenvalue weighted by atomic mass is 35.5. The van der Waals surface area contributed by atoms with Crippen molar-refractivity contribution in [3.63, 3.8) is 0 Å². The van der Waals surface area contributed by atoms with E-state index in [1.807, 2.05) is 6.07 Å². The van der Waals surface area contributed by atoms with Crippen LogP contribution in [0.25, 0.3) is 0 Å². The maximum atomic E-state index is 12.0. The molecule has 2 aromatic rings. The summed E-state index contributed by atoms with van der Waals surface area (Å²) in [6.45, 7) is -0.371. The fourth-order valence-electron chi connectivity index (χ4n) is 2.42. The summed E-state index contributed by atoms with van der Waals surface area (Å²) in [5, 5.41) is 3.16. The molecule has 3 rings (SSSR count). The zero-order valence-corrected chi connectivity index (χ0v) is 14.4. The third kappa shape index (κ3) is 3.68. The van der Waals surface area contributed by atoms with Crippen molar-refractivity contribution >= 4 is 52.1 Å². The highest BCUT2D eigenvalue weighted by Gasteiger charge is 2.20. The molecule has 7 heteroatoms. The van der Waals surface area contributed by atoms with E-state index in [9.17, 15) is 9.59 Å². The van der Waals surface area contributed by atoms with Gasteiger partial charge >= 0.3 is 5.97 Å². The summed E-state index contributed by atoms with van der Waals surface area (Å²) >= 11 is 13.3. The van der Waals surface area contributed by atoms with Crippen LogP contribution in [0.1, 0.15) is 26.5 Å². The van der Waals surface area contributed by atoms with E-state index in [0.29, 0.717) is 15.6 Å². The smallest absolute Gasteiger partial charge is 0.348 e. The van der Waals surface area contributed by atoms with Crippen molar-refractivity contribution in [2.75, 3.05) is 11.9 Å². The van der Waals surface area contributed by atoms with Crippen LogP contribution in [-0.4, -0.2) is 18.5 Å². The van der Waals surface area contributed by atoms with E-state index in [0.717, 1.165) is 19.3 Å². The van der Waals surface area contributed by atoms with Crippen LogP contribution in [0.4, 0.5) is 5.69 Å².